The van der Waals surface area contributed by atoms with Gasteiger partial charge in [0.05, 0.1) is 0 Å². The lowest BCUT2D eigenvalue weighted by Gasteiger charge is -2.17. The highest BCUT2D eigenvalue weighted by Gasteiger charge is 2.16. The summed E-state index contributed by atoms with van der Waals surface area (Å²) in [6, 6.07) is 13.5. The molecule has 0 fully saturated rings. The first-order valence-corrected chi connectivity index (χ1v) is 6.92. The van der Waals surface area contributed by atoms with E-state index in [2.05, 4.69) is 5.32 Å². The van der Waals surface area contributed by atoms with Gasteiger partial charge in [0.2, 0.25) is 5.91 Å². The molecule has 0 spiro atoms. The lowest BCUT2D eigenvalue weighted by molar-refractivity contribution is -0.117. The van der Waals surface area contributed by atoms with Crippen LogP contribution in [0.2, 0.25) is 0 Å². The predicted octanol–water partition coefficient (Wildman–Crippen LogP) is 3.65. The van der Waals surface area contributed by atoms with E-state index < -0.39 is 5.54 Å². The summed E-state index contributed by atoms with van der Waals surface area (Å²) in [5.41, 5.74) is 7.76. The number of rotatable bonds is 3. The molecule has 0 radical (unpaired) electrons. The van der Waals surface area contributed by atoms with E-state index >= 15 is 0 Å². The molecule has 0 aliphatic rings. The van der Waals surface area contributed by atoms with Gasteiger partial charge in [-0.3, -0.25) is 4.79 Å². The maximum atomic E-state index is 12.0. The molecule has 3 N–H and O–H groups in total. The van der Waals surface area contributed by atoms with Crippen LogP contribution >= 0.6 is 0 Å². The molecule has 21 heavy (non-hydrogen) atoms. The fourth-order valence-electron chi connectivity index (χ4n) is 2.42. The molecule has 0 bridgehead atoms. The van der Waals surface area contributed by atoms with Crippen LogP contribution in [0.1, 0.15) is 20.3 Å². The smallest absolute Gasteiger partial charge is 0.226 e. The van der Waals surface area contributed by atoms with Crippen LogP contribution in [0.5, 0.6) is 0 Å². The standard InChI is InChI=1S/C17H18N2O2/c1-17(2,18)10-16(20)19-11-7-8-15-13(9-11)12-5-3-4-6-14(12)21-15/h3-9H,10,18H2,1-2H3,(H,19,20). The van der Waals surface area contributed by atoms with Gasteiger partial charge in [-0.15, -0.1) is 0 Å². The van der Waals surface area contributed by atoms with Crippen molar-refractivity contribution in [2.45, 2.75) is 25.8 Å². The second kappa shape index (κ2) is 4.90. The number of para-hydroxylation sites is 1. The largest absolute Gasteiger partial charge is 0.456 e. The van der Waals surface area contributed by atoms with Crippen molar-refractivity contribution in [3.63, 3.8) is 0 Å². The quantitative estimate of drug-likeness (QED) is 0.770. The van der Waals surface area contributed by atoms with Crippen molar-refractivity contribution >= 4 is 33.5 Å². The summed E-state index contributed by atoms with van der Waals surface area (Å²) in [5.74, 6) is -0.0883. The number of amides is 1. The van der Waals surface area contributed by atoms with Crippen LogP contribution in [0.25, 0.3) is 21.9 Å². The molecule has 108 valence electrons. The van der Waals surface area contributed by atoms with E-state index in [0.717, 1.165) is 27.6 Å². The first-order chi connectivity index (χ1) is 9.92. The van der Waals surface area contributed by atoms with Crippen molar-refractivity contribution in [1.29, 1.82) is 0 Å². The van der Waals surface area contributed by atoms with Gasteiger partial charge in [-0.2, -0.15) is 0 Å². The molecule has 0 aliphatic carbocycles. The number of furan rings is 1. The van der Waals surface area contributed by atoms with Crippen LogP contribution in [0.3, 0.4) is 0 Å². The summed E-state index contributed by atoms with van der Waals surface area (Å²) < 4.78 is 5.76. The van der Waals surface area contributed by atoms with Crippen molar-refractivity contribution in [2.75, 3.05) is 5.32 Å². The average Bonchev–Trinajstić information content (AvgIpc) is 2.74. The molecule has 4 nitrogen and oxygen atoms in total. The zero-order valence-corrected chi connectivity index (χ0v) is 12.1. The van der Waals surface area contributed by atoms with Crippen LogP contribution < -0.4 is 11.1 Å². The maximum Gasteiger partial charge on any atom is 0.226 e. The molecular formula is C17H18N2O2. The average molecular weight is 282 g/mol. The fourth-order valence-corrected chi connectivity index (χ4v) is 2.42. The van der Waals surface area contributed by atoms with Crippen molar-refractivity contribution in [2.24, 2.45) is 5.73 Å². The normalized spacial score (nSPS) is 12.0. The summed E-state index contributed by atoms with van der Waals surface area (Å²) in [4.78, 5) is 12.0. The highest BCUT2D eigenvalue weighted by molar-refractivity contribution is 6.06. The van der Waals surface area contributed by atoms with E-state index in [1.807, 2.05) is 56.3 Å². The number of carbonyl (C=O) groups excluding carboxylic acids is 1. The minimum Gasteiger partial charge on any atom is -0.456 e. The van der Waals surface area contributed by atoms with E-state index in [0.29, 0.717) is 0 Å². The van der Waals surface area contributed by atoms with E-state index in [1.165, 1.54) is 0 Å². The summed E-state index contributed by atoms with van der Waals surface area (Å²) in [5, 5.41) is 4.92. The van der Waals surface area contributed by atoms with Crippen molar-refractivity contribution in [3.8, 4) is 0 Å². The molecule has 1 amide bonds. The number of anilines is 1. The topological polar surface area (TPSA) is 68.3 Å². The number of nitrogens with two attached hydrogens (primary N) is 1. The second-order valence-corrected chi connectivity index (χ2v) is 6.02. The van der Waals surface area contributed by atoms with E-state index in [9.17, 15) is 4.79 Å². The second-order valence-electron chi connectivity index (χ2n) is 6.02. The molecule has 1 aromatic heterocycles. The first kappa shape index (κ1) is 13.6. The van der Waals surface area contributed by atoms with Crippen LogP contribution in [0.15, 0.2) is 46.9 Å². The Labute approximate surface area is 122 Å². The molecule has 3 rings (SSSR count). The molecule has 1 heterocycles. The minimum atomic E-state index is -0.517. The molecular weight excluding hydrogens is 264 g/mol. The Kier molecular flexibility index (Phi) is 3.18. The third kappa shape index (κ3) is 2.90. The van der Waals surface area contributed by atoms with Crippen LogP contribution in [0.4, 0.5) is 5.69 Å². The van der Waals surface area contributed by atoms with Crippen molar-refractivity contribution in [3.05, 3.63) is 42.5 Å². The zero-order chi connectivity index (χ0) is 15.0. The van der Waals surface area contributed by atoms with E-state index in [-0.39, 0.29) is 12.3 Å². The van der Waals surface area contributed by atoms with Gasteiger partial charge in [0.15, 0.2) is 0 Å². The molecule has 2 aromatic carbocycles. The zero-order valence-electron chi connectivity index (χ0n) is 12.1. The fraction of sp³-hybridized carbons (Fsp3) is 0.235. The Hall–Kier alpha value is -2.33. The summed E-state index contributed by atoms with van der Waals surface area (Å²) in [6.07, 6.45) is 0.275. The Morgan fingerprint density at radius 1 is 1.14 bits per heavy atom. The highest BCUT2D eigenvalue weighted by Crippen LogP contribution is 2.30. The molecule has 0 atom stereocenters. The van der Waals surface area contributed by atoms with Crippen molar-refractivity contribution in [1.82, 2.24) is 0 Å². The number of nitrogens with one attached hydrogen (secondary N) is 1. The van der Waals surface area contributed by atoms with Gasteiger partial charge in [0, 0.05) is 28.4 Å². The van der Waals surface area contributed by atoms with E-state index in [1.54, 1.807) is 0 Å². The number of hydrogen-bond donors (Lipinski definition) is 2. The lowest BCUT2D eigenvalue weighted by atomic mass is 10.0. The third-order valence-electron chi connectivity index (χ3n) is 3.28. The number of hydrogen-bond acceptors (Lipinski definition) is 3. The number of fused-ring (bicyclic) bond motifs is 3. The van der Waals surface area contributed by atoms with Gasteiger partial charge in [0.1, 0.15) is 11.2 Å². The van der Waals surface area contributed by atoms with Gasteiger partial charge < -0.3 is 15.5 Å². The van der Waals surface area contributed by atoms with Gasteiger partial charge in [-0.05, 0) is 38.1 Å². The Morgan fingerprint density at radius 2 is 1.86 bits per heavy atom. The predicted molar refractivity (Wildman–Crippen MR) is 85.2 cm³/mol. The van der Waals surface area contributed by atoms with Crippen LogP contribution in [-0.2, 0) is 4.79 Å². The Balaban J connectivity index is 1.94. The summed E-state index contributed by atoms with van der Waals surface area (Å²) in [7, 11) is 0. The van der Waals surface area contributed by atoms with Gasteiger partial charge in [0.25, 0.3) is 0 Å². The monoisotopic (exact) mass is 282 g/mol. The van der Waals surface area contributed by atoms with Gasteiger partial charge in [-0.1, -0.05) is 18.2 Å². The van der Waals surface area contributed by atoms with Gasteiger partial charge in [-0.25, -0.2) is 0 Å². The summed E-state index contributed by atoms with van der Waals surface area (Å²) in [6.45, 7) is 3.67. The molecule has 4 heteroatoms. The lowest BCUT2D eigenvalue weighted by Crippen LogP contribution is -2.36. The van der Waals surface area contributed by atoms with E-state index in [4.69, 9.17) is 10.2 Å². The minimum absolute atomic E-state index is 0.0883. The number of benzene rings is 2. The molecule has 0 unspecified atom stereocenters. The van der Waals surface area contributed by atoms with Crippen LogP contribution in [-0.4, -0.2) is 11.4 Å². The molecule has 3 aromatic rings. The SMILES string of the molecule is CC(C)(N)CC(=O)Nc1ccc2oc3ccccc3c2c1. The molecule has 0 saturated carbocycles. The summed E-state index contributed by atoms with van der Waals surface area (Å²) >= 11 is 0. The highest BCUT2D eigenvalue weighted by atomic mass is 16.3. The van der Waals surface area contributed by atoms with Crippen molar-refractivity contribution < 1.29 is 9.21 Å². The molecule has 0 saturated heterocycles. The molecule has 0 aliphatic heterocycles. The Morgan fingerprint density at radius 3 is 2.62 bits per heavy atom. The van der Waals surface area contributed by atoms with Crippen LogP contribution in [0, 0.1) is 0 Å². The number of carbonyl (C=O) groups is 1. The Bertz CT molecular complexity index is 812. The maximum absolute atomic E-state index is 12.0. The van der Waals surface area contributed by atoms with Gasteiger partial charge >= 0.3 is 0 Å². The first-order valence-electron chi connectivity index (χ1n) is 6.92. The third-order valence-corrected chi connectivity index (χ3v) is 3.28.